The predicted octanol–water partition coefficient (Wildman–Crippen LogP) is 3.26. The number of amides is 3. The first-order valence-corrected chi connectivity index (χ1v) is 11.4. The lowest BCUT2D eigenvalue weighted by Gasteiger charge is -2.31. The lowest BCUT2D eigenvalue weighted by atomic mass is 9.97. The van der Waals surface area contributed by atoms with Crippen molar-refractivity contribution in [2.45, 2.75) is 71.2 Å². The van der Waals surface area contributed by atoms with E-state index in [1.54, 1.807) is 45.0 Å². The summed E-state index contributed by atoms with van der Waals surface area (Å²) in [6, 6.07) is 6.60. The Bertz CT molecular complexity index is 927. The molecule has 2 N–H and O–H groups in total. The molecule has 0 aliphatic rings. The first kappa shape index (κ1) is 27.9. The lowest BCUT2D eigenvalue weighted by molar-refractivity contribution is -0.138. The van der Waals surface area contributed by atoms with E-state index in [9.17, 15) is 14.4 Å². The van der Waals surface area contributed by atoms with Crippen molar-refractivity contribution < 1.29 is 19.1 Å². The van der Waals surface area contributed by atoms with E-state index in [-0.39, 0.29) is 11.8 Å². The number of hydrogen-bond acceptors (Lipinski definition) is 5. The van der Waals surface area contributed by atoms with Gasteiger partial charge in [0.15, 0.2) is 0 Å². The molecule has 0 radical (unpaired) electrons. The number of benzene rings is 1. The number of ether oxygens (including phenoxy) is 1. The van der Waals surface area contributed by atoms with Crippen LogP contribution in [0.5, 0.6) is 0 Å². The molecular formula is C25H33N3O4S. The Labute approximate surface area is 202 Å². The molecule has 3 atom stereocenters. The van der Waals surface area contributed by atoms with Gasteiger partial charge in [0.1, 0.15) is 17.7 Å². The topological polar surface area (TPSA) is 87.7 Å². The molecule has 0 spiro atoms. The van der Waals surface area contributed by atoms with Crippen molar-refractivity contribution in [3.8, 4) is 24.8 Å². The van der Waals surface area contributed by atoms with Crippen molar-refractivity contribution in [2.24, 2.45) is 0 Å². The van der Waals surface area contributed by atoms with E-state index in [2.05, 4.69) is 35.2 Å². The van der Waals surface area contributed by atoms with Crippen molar-refractivity contribution >= 4 is 30.5 Å². The van der Waals surface area contributed by atoms with Gasteiger partial charge >= 0.3 is 6.09 Å². The molecule has 178 valence electrons. The van der Waals surface area contributed by atoms with Gasteiger partial charge in [-0.25, -0.2) is 4.79 Å². The Morgan fingerprint density at radius 2 is 1.82 bits per heavy atom. The van der Waals surface area contributed by atoms with E-state index in [1.807, 2.05) is 13.8 Å². The summed E-state index contributed by atoms with van der Waals surface area (Å²) in [5, 5.41) is 5.38. The molecule has 0 fully saturated rings. The van der Waals surface area contributed by atoms with Crippen LogP contribution < -0.4 is 10.6 Å². The van der Waals surface area contributed by atoms with E-state index < -0.39 is 35.6 Å². The molecule has 8 heteroatoms. The number of rotatable bonds is 9. The molecule has 0 aromatic heterocycles. The number of alkyl carbamates (subject to hydrolysis) is 1. The van der Waals surface area contributed by atoms with Crippen molar-refractivity contribution in [3.63, 3.8) is 0 Å². The molecule has 0 bridgehead atoms. The van der Waals surface area contributed by atoms with Crippen LogP contribution in [0.2, 0.25) is 0 Å². The van der Waals surface area contributed by atoms with Crippen molar-refractivity contribution in [1.82, 2.24) is 15.5 Å². The van der Waals surface area contributed by atoms with Gasteiger partial charge in [-0.3, -0.25) is 14.5 Å². The highest BCUT2D eigenvalue weighted by molar-refractivity contribution is 7.80. The highest BCUT2D eigenvalue weighted by Crippen LogP contribution is 2.25. The summed E-state index contributed by atoms with van der Waals surface area (Å²) in [4.78, 5) is 39.9. The Morgan fingerprint density at radius 1 is 1.18 bits per heavy atom. The maximum Gasteiger partial charge on any atom is 0.408 e. The summed E-state index contributed by atoms with van der Waals surface area (Å²) < 4.78 is 5.23. The fraction of sp³-hybridized carbons (Fsp3) is 0.480. The molecule has 0 heterocycles. The van der Waals surface area contributed by atoms with Crippen LogP contribution in [0.4, 0.5) is 4.79 Å². The van der Waals surface area contributed by atoms with Crippen molar-refractivity contribution in [1.29, 1.82) is 0 Å². The van der Waals surface area contributed by atoms with E-state index in [0.717, 1.165) is 17.7 Å². The van der Waals surface area contributed by atoms with Crippen LogP contribution in [-0.2, 0) is 14.3 Å². The summed E-state index contributed by atoms with van der Waals surface area (Å²) in [5.41, 5.74) is 0.0722. The van der Waals surface area contributed by atoms with Gasteiger partial charge < -0.3 is 15.4 Å². The number of thiol groups is 1. The van der Waals surface area contributed by atoms with Crippen LogP contribution in [0.15, 0.2) is 24.3 Å². The fourth-order valence-corrected chi connectivity index (χ4v) is 3.41. The van der Waals surface area contributed by atoms with Crippen LogP contribution in [0.3, 0.4) is 0 Å². The second-order valence-electron chi connectivity index (χ2n) is 8.55. The van der Waals surface area contributed by atoms with E-state index in [0.29, 0.717) is 11.1 Å². The zero-order valence-electron chi connectivity index (χ0n) is 19.8. The number of carbonyl (C=O) groups is 3. The van der Waals surface area contributed by atoms with Crippen LogP contribution >= 0.6 is 12.6 Å². The third-order valence-corrected chi connectivity index (χ3v) is 4.94. The fourth-order valence-electron chi connectivity index (χ4n) is 3.16. The monoisotopic (exact) mass is 471 g/mol. The molecule has 3 unspecified atom stereocenters. The number of nitrogens with one attached hydrogen (secondary N) is 2. The quantitative estimate of drug-likeness (QED) is 0.293. The molecule has 0 saturated heterocycles. The van der Waals surface area contributed by atoms with E-state index in [4.69, 9.17) is 17.6 Å². The van der Waals surface area contributed by atoms with Crippen LogP contribution in [0.1, 0.15) is 64.6 Å². The highest BCUT2D eigenvalue weighted by Gasteiger charge is 2.36. The maximum atomic E-state index is 13.4. The van der Waals surface area contributed by atoms with Crippen molar-refractivity contribution in [2.75, 3.05) is 5.75 Å². The molecule has 1 rings (SSSR count). The molecule has 7 nitrogen and oxygen atoms in total. The van der Waals surface area contributed by atoms with Gasteiger partial charge in [0.25, 0.3) is 5.91 Å². The van der Waals surface area contributed by atoms with Gasteiger partial charge in [0.2, 0.25) is 5.91 Å². The number of carbonyl (C=O) groups excluding carboxylic acids is 3. The van der Waals surface area contributed by atoms with Crippen LogP contribution in [-0.4, -0.2) is 46.2 Å². The van der Waals surface area contributed by atoms with Gasteiger partial charge in [0.05, 0.1) is 0 Å². The average molecular weight is 472 g/mol. The minimum Gasteiger partial charge on any atom is -0.444 e. The average Bonchev–Trinajstić information content (AvgIpc) is 2.74. The SMILES string of the molecule is C#Cc1ccccc1C(C(=O)NC(C)CCC)N(C#C)C(=O)C(CS)NC(=O)OC(C)(C)C. The zero-order valence-corrected chi connectivity index (χ0v) is 20.7. The number of terminal acetylenes is 2. The van der Waals surface area contributed by atoms with Crippen LogP contribution in [0, 0.1) is 24.8 Å². The van der Waals surface area contributed by atoms with Gasteiger partial charge in [-0.2, -0.15) is 12.6 Å². The molecule has 1 aromatic rings. The van der Waals surface area contributed by atoms with Gasteiger partial charge in [0, 0.05) is 29.0 Å². The Kier molecular flexibility index (Phi) is 10.8. The van der Waals surface area contributed by atoms with E-state index in [1.165, 1.54) is 0 Å². The summed E-state index contributed by atoms with van der Waals surface area (Å²) in [5.74, 6) is 1.32. The largest absolute Gasteiger partial charge is 0.444 e. The number of nitrogens with zero attached hydrogens (tertiary/aromatic N) is 1. The summed E-state index contributed by atoms with van der Waals surface area (Å²) in [6.07, 6.45) is 12.2. The minimum absolute atomic E-state index is 0.0619. The Balaban J connectivity index is 3.37. The summed E-state index contributed by atoms with van der Waals surface area (Å²) >= 11 is 4.18. The minimum atomic E-state index is -1.20. The highest BCUT2D eigenvalue weighted by atomic mass is 32.1. The normalized spacial score (nSPS) is 13.5. The molecule has 0 aliphatic carbocycles. The first-order chi connectivity index (χ1) is 15.5. The third-order valence-electron chi connectivity index (χ3n) is 4.58. The molecule has 0 saturated carbocycles. The second kappa shape index (κ2) is 12.8. The first-order valence-electron chi connectivity index (χ1n) is 10.7. The van der Waals surface area contributed by atoms with Gasteiger partial charge in [-0.05, 0) is 40.2 Å². The predicted molar refractivity (Wildman–Crippen MR) is 132 cm³/mol. The maximum absolute atomic E-state index is 13.4. The molecule has 0 aliphatic heterocycles. The zero-order chi connectivity index (χ0) is 25.2. The van der Waals surface area contributed by atoms with Gasteiger partial charge in [-0.1, -0.05) is 43.9 Å². The van der Waals surface area contributed by atoms with Crippen LogP contribution in [0.25, 0.3) is 0 Å². The summed E-state index contributed by atoms with van der Waals surface area (Å²) in [6.45, 7) is 8.98. The second-order valence-corrected chi connectivity index (χ2v) is 8.92. The molecule has 1 aromatic carbocycles. The lowest BCUT2D eigenvalue weighted by Crippen LogP contribution is -2.53. The summed E-state index contributed by atoms with van der Waals surface area (Å²) in [7, 11) is 0. The smallest absolute Gasteiger partial charge is 0.408 e. The van der Waals surface area contributed by atoms with E-state index >= 15 is 0 Å². The molecule has 33 heavy (non-hydrogen) atoms. The Morgan fingerprint density at radius 3 is 2.33 bits per heavy atom. The van der Waals surface area contributed by atoms with Gasteiger partial charge in [-0.15, -0.1) is 6.42 Å². The van der Waals surface area contributed by atoms with Crippen molar-refractivity contribution in [3.05, 3.63) is 35.4 Å². The third kappa shape index (κ3) is 8.40. The standard InChI is InChI=1S/C25H33N3O4S/c1-8-13-17(4)26-22(29)21(19-15-12-11-14-18(19)9-2)28(10-3)23(30)20(16-33)27-24(31)32-25(5,6)7/h2-3,11-12,14-15,17,20-21,33H,8,13,16H2,1,4-7H3,(H,26,29)(H,27,31). The Hall–Kier alpha value is -3.10. The molecule has 3 amide bonds. The molecular weight excluding hydrogens is 438 g/mol. The number of hydrogen-bond donors (Lipinski definition) is 3.